The molecule has 92 valence electrons. The number of rotatable bonds is 3. The molecule has 1 aliphatic rings. The summed E-state index contributed by atoms with van der Waals surface area (Å²) in [7, 11) is 0. The number of carbonyl (C=O) groups is 2. The third-order valence-corrected chi connectivity index (χ3v) is 2.32. The first kappa shape index (κ1) is 11.3. The maximum absolute atomic E-state index is 11.5. The Hall–Kier alpha value is -2.18. The Morgan fingerprint density at radius 3 is 3.18 bits per heavy atom. The van der Waals surface area contributed by atoms with Gasteiger partial charge < -0.3 is 15.1 Å². The summed E-state index contributed by atoms with van der Waals surface area (Å²) in [6.07, 6.45) is 2.34. The van der Waals surface area contributed by atoms with Gasteiger partial charge in [0.15, 0.2) is 0 Å². The van der Waals surface area contributed by atoms with Crippen LogP contribution in [0.1, 0.15) is 12.2 Å². The Morgan fingerprint density at radius 2 is 2.47 bits per heavy atom. The molecule has 17 heavy (non-hydrogen) atoms. The molecular weight excluding hydrogens is 224 g/mol. The molecular formula is C10H14N4O3. The number of furan rings is 1. The third kappa shape index (κ3) is 3.13. The van der Waals surface area contributed by atoms with Crippen LogP contribution >= 0.6 is 0 Å². The maximum Gasteiger partial charge on any atom is 0.336 e. The molecule has 0 aliphatic carbocycles. The number of hydrogen-bond donors (Lipinski definition) is 3. The van der Waals surface area contributed by atoms with Gasteiger partial charge in [-0.15, -0.1) is 0 Å². The fourth-order valence-corrected chi connectivity index (χ4v) is 1.48. The summed E-state index contributed by atoms with van der Waals surface area (Å²) < 4.78 is 5.06. The van der Waals surface area contributed by atoms with Gasteiger partial charge in [0, 0.05) is 13.1 Å². The predicted octanol–water partition coefficient (Wildman–Crippen LogP) is 0.409. The Bertz CT molecular complexity index is 390. The van der Waals surface area contributed by atoms with Crippen molar-refractivity contribution in [2.75, 3.05) is 13.1 Å². The van der Waals surface area contributed by atoms with Gasteiger partial charge >= 0.3 is 12.1 Å². The Labute approximate surface area is 98.1 Å². The SMILES string of the molecule is O=C(NCc1ccco1)NN1CCCNC1=O. The van der Waals surface area contributed by atoms with Crippen molar-refractivity contribution in [2.24, 2.45) is 0 Å². The number of hydrogen-bond acceptors (Lipinski definition) is 3. The fourth-order valence-electron chi connectivity index (χ4n) is 1.48. The van der Waals surface area contributed by atoms with Crippen molar-refractivity contribution < 1.29 is 14.0 Å². The molecule has 0 atom stereocenters. The van der Waals surface area contributed by atoms with Crippen LogP contribution in [0.15, 0.2) is 22.8 Å². The zero-order valence-corrected chi connectivity index (χ0v) is 9.23. The molecule has 0 saturated carbocycles. The molecule has 1 saturated heterocycles. The van der Waals surface area contributed by atoms with E-state index in [4.69, 9.17) is 4.42 Å². The Kier molecular flexibility index (Phi) is 3.49. The summed E-state index contributed by atoms with van der Waals surface area (Å²) in [6, 6.07) is 2.78. The molecule has 0 radical (unpaired) electrons. The van der Waals surface area contributed by atoms with Gasteiger partial charge in [0.2, 0.25) is 0 Å². The van der Waals surface area contributed by atoms with Crippen molar-refractivity contribution in [3.8, 4) is 0 Å². The monoisotopic (exact) mass is 238 g/mol. The molecule has 1 fully saturated rings. The van der Waals surface area contributed by atoms with E-state index >= 15 is 0 Å². The van der Waals surface area contributed by atoms with Crippen molar-refractivity contribution >= 4 is 12.1 Å². The molecule has 0 unspecified atom stereocenters. The molecule has 4 amide bonds. The largest absolute Gasteiger partial charge is 0.467 e. The highest BCUT2D eigenvalue weighted by atomic mass is 16.3. The lowest BCUT2D eigenvalue weighted by Crippen LogP contribution is -2.56. The van der Waals surface area contributed by atoms with Crippen molar-refractivity contribution in [3.63, 3.8) is 0 Å². The second kappa shape index (κ2) is 5.24. The van der Waals surface area contributed by atoms with Crippen LogP contribution in [0.5, 0.6) is 0 Å². The predicted molar refractivity (Wildman–Crippen MR) is 58.8 cm³/mol. The third-order valence-electron chi connectivity index (χ3n) is 2.32. The maximum atomic E-state index is 11.5. The van der Waals surface area contributed by atoms with E-state index in [9.17, 15) is 9.59 Å². The molecule has 2 heterocycles. The van der Waals surface area contributed by atoms with Crippen LogP contribution in [0, 0.1) is 0 Å². The molecule has 0 bridgehead atoms. The summed E-state index contributed by atoms with van der Waals surface area (Å²) in [5, 5.41) is 6.47. The molecule has 7 nitrogen and oxygen atoms in total. The van der Waals surface area contributed by atoms with Gasteiger partial charge in [0.25, 0.3) is 0 Å². The first-order valence-corrected chi connectivity index (χ1v) is 5.38. The second-order valence-corrected chi connectivity index (χ2v) is 3.61. The molecule has 1 aromatic heterocycles. The minimum Gasteiger partial charge on any atom is -0.467 e. The molecule has 0 aromatic carbocycles. The molecule has 1 aliphatic heterocycles. The van der Waals surface area contributed by atoms with E-state index in [1.54, 1.807) is 12.1 Å². The lowest BCUT2D eigenvalue weighted by atomic mass is 10.4. The number of amides is 4. The molecule has 3 N–H and O–H groups in total. The standard InChI is InChI=1S/C10H14N4O3/c15-9(12-7-8-3-1-6-17-8)13-14-5-2-4-11-10(14)16/h1,3,6H,2,4-5,7H2,(H,11,16)(H2,12,13,15). The highest BCUT2D eigenvalue weighted by molar-refractivity contribution is 5.80. The Balaban J connectivity index is 1.75. The summed E-state index contributed by atoms with van der Waals surface area (Å²) in [4.78, 5) is 22.8. The number of urea groups is 2. The van der Waals surface area contributed by atoms with Crippen LogP contribution in [-0.4, -0.2) is 30.2 Å². The van der Waals surface area contributed by atoms with Gasteiger partial charge in [0.1, 0.15) is 5.76 Å². The lowest BCUT2D eigenvalue weighted by molar-refractivity contribution is 0.155. The second-order valence-electron chi connectivity index (χ2n) is 3.61. The quantitative estimate of drug-likeness (QED) is 0.712. The Morgan fingerprint density at radius 1 is 1.59 bits per heavy atom. The van der Waals surface area contributed by atoms with E-state index in [0.717, 1.165) is 6.42 Å². The zero-order chi connectivity index (χ0) is 12.1. The molecule has 0 spiro atoms. The van der Waals surface area contributed by atoms with E-state index in [-0.39, 0.29) is 12.6 Å². The van der Waals surface area contributed by atoms with Crippen molar-refractivity contribution in [1.29, 1.82) is 0 Å². The van der Waals surface area contributed by atoms with Crippen LogP contribution in [0.4, 0.5) is 9.59 Å². The van der Waals surface area contributed by atoms with Crippen molar-refractivity contribution in [2.45, 2.75) is 13.0 Å². The van der Waals surface area contributed by atoms with Gasteiger partial charge in [0.05, 0.1) is 12.8 Å². The van der Waals surface area contributed by atoms with Crippen LogP contribution < -0.4 is 16.1 Å². The van der Waals surface area contributed by atoms with Gasteiger partial charge in [-0.1, -0.05) is 0 Å². The minimum atomic E-state index is -0.432. The normalized spacial score (nSPS) is 15.3. The first-order chi connectivity index (χ1) is 8.25. The highest BCUT2D eigenvalue weighted by Crippen LogP contribution is 1.99. The van der Waals surface area contributed by atoms with Crippen LogP contribution in [0.2, 0.25) is 0 Å². The summed E-state index contributed by atoms with van der Waals surface area (Å²) >= 11 is 0. The summed E-state index contributed by atoms with van der Waals surface area (Å²) in [5.41, 5.74) is 2.46. The van der Waals surface area contributed by atoms with E-state index in [1.807, 2.05) is 0 Å². The van der Waals surface area contributed by atoms with Crippen molar-refractivity contribution in [1.82, 2.24) is 21.1 Å². The van der Waals surface area contributed by atoms with E-state index in [2.05, 4.69) is 16.1 Å². The minimum absolute atomic E-state index is 0.286. The van der Waals surface area contributed by atoms with Crippen LogP contribution in [0.3, 0.4) is 0 Å². The fraction of sp³-hybridized carbons (Fsp3) is 0.400. The molecule has 7 heteroatoms. The number of nitrogens with one attached hydrogen (secondary N) is 3. The smallest absolute Gasteiger partial charge is 0.336 e. The average molecular weight is 238 g/mol. The van der Waals surface area contributed by atoms with Crippen LogP contribution in [0.25, 0.3) is 0 Å². The summed E-state index contributed by atoms with van der Waals surface area (Å²) in [6.45, 7) is 1.44. The highest BCUT2D eigenvalue weighted by Gasteiger charge is 2.19. The van der Waals surface area contributed by atoms with E-state index in [1.165, 1.54) is 11.3 Å². The number of carbonyl (C=O) groups excluding carboxylic acids is 2. The van der Waals surface area contributed by atoms with E-state index < -0.39 is 6.03 Å². The number of nitrogens with zero attached hydrogens (tertiary/aromatic N) is 1. The van der Waals surface area contributed by atoms with Gasteiger partial charge in [-0.25, -0.2) is 20.0 Å². The summed E-state index contributed by atoms with van der Waals surface area (Å²) in [5.74, 6) is 0.656. The van der Waals surface area contributed by atoms with Gasteiger partial charge in [-0.3, -0.25) is 0 Å². The topological polar surface area (TPSA) is 86.6 Å². The van der Waals surface area contributed by atoms with Gasteiger partial charge in [-0.2, -0.15) is 0 Å². The first-order valence-electron chi connectivity index (χ1n) is 5.38. The van der Waals surface area contributed by atoms with Crippen LogP contribution in [-0.2, 0) is 6.54 Å². The van der Waals surface area contributed by atoms with E-state index in [0.29, 0.717) is 18.8 Å². The number of hydrazine groups is 1. The van der Waals surface area contributed by atoms with Crippen molar-refractivity contribution in [3.05, 3.63) is 24.2 Å². The molecule has 2 rings (SSSR count). The molecule has 1 aromatic rings. The zero-order valence-electron chi connectivity index (χ0n) is 9.23. The lowest BCUT2D eigenvalue weighted by Gasteiger charge is -2.27. The van der Waals surface area contributed by atoms with Gasteiger partial charge in [-0.05, 0) is 18.6 Å². The average Bonchev–Trinajstić information content (AvgIpc) is 2.82.